The summed E-state index contributed by atoms with van der Waals surface area (Å²) in [7, 11) is 1.86. The minimum Gasteiger partial charge on any atom is -0.351 e. The molecule has 0 bridgehead atoms. The second-order valence-corrected chi connectivity index (χ2v) is 6.57. The van der Waals surface area contributed by atoms with Crippen LogP contribution in [-0.2, 0) is 6.54 Å². The topological polar surface area (TPSA) is 40.5 Å². The van der Waals surface area contributed by atoms with Gasteiger partial charge in [0.2, 0.25) is 0 Å². The van der Waals surface area contributed by atoms with Crippen LogP contribution in [0.1, 0.15) is 23.4 Å². The minimum atomic E-state index is 0. The van der Waals surface area contributed by atoms with E-state index in [1.807, 2.05) is 13.1 Å². The van der Waals surface area contributed by atoms with Gasteiger partial charge in [-0.15, -0.1) is 35.3 Å². The van der Waals surface area contributed by atoms with Crippen molar-refractivity contribution in [2.45, 2.75) is 26.3 Å². The zero-order valence-electron chi connectivity index (χ0n) is 13.6. The molecule has 6 heteroatoms. The average molecular weight is 442 g/mol. The van der Waals surface area contributed by atoms with Crippen molar-refractivity contribution in [2.24, 2.45) is 4.99 Å². The number of nitrogens with one attached hydrogen (secondary N) is 1. The molecule has 1 fully saturated rings. The first kappa shape index (κ1) is 18.2. The monoisotopic (exact) mass is 442 g/mol. The van der Waals surface area contributed by atoms with E-state index in [-0.39, 0.29) is 24.0 Å². The molecule has 2 heterocycles. The van der Waals surface area contributed by atoms with Crippen LogP contribution in [0.3, 0.4) is 0 Å². The van der Waals surface area contributed by atoms with E-state index in [1.54, 1.807) is 11.3 Å². The molecule has 4 nitrogen and oxygen atoms in total. The summed E-state index contributed by atoms with van der Waals surface area (Å²) in [4.78, 5) is 12.7. The Kier molecular flexibility index (Phi) is 6.83. The quantitative estimate of drug-likeness (QED) is 0.445. The predicted molar refractivity (Wildman–Crippen MR) is 109 cm³/mol. The van der Waals surface area contributed by atoms with Crippen LogP contribution in [0.25, 0.3) is 10.6 Å². The lowest BCUT2D eigenvalue weighted by Gasteiger charge is -2.20. The van der Waals surface area contributed by atoms with Crippen molar-refractivity contribution in [3.8, 4) is 10.6 Å². The number of guanidine groups is 1. The number of rotatable bonds is 3. The minimum absolute atomic E-state index is 0. The van der Waals surface area contributed by atoms with Gasteiger partial charge in [-0.2, -0.15) is 0 Å². The molecule has 0 amide bonds. The van der Waals surface area contributed by atoms with Gasteiger partial charge in [-0.3, -0.25) is 4.99 Å². The van der Waals surface area contributed by atoms with Gasteiger partial charge in [0.15, 0.2) is 5.96 Å². The lowest BCUT2D eigenvalue weighted by molar-refractivity contribution is 0.494. The Balaban J connectivity index is 0.00000192. The van der Waals surface area contributed by atoms with E-state index in [0.717, 1.165) is 36.3 Å². The Morgan fingerprint density at radius 1 is 1.26 bits per heavy atom. The first-order chi connectivity index (χ1) is 10.8. The van der Waals surface area contributed by atoms with Crippen molar-refractivity contribution >= 4 is 41.3 Å². The Labute approximate surface area is 159 Å². The van der Waals surface area contributed by atoms with Gasteiger partial charge in [-0.1, -0.05) is 30.3 Å². The molecule has 0 radical (unpaired) electrons. The van der Waals surface area contributed by atoms with Crippen molar-refractivity contribution in [3.63, 3.8) is 0 Å². The van der Waals surface area contributed by atoms with E-state index in [4.69, 9.17) is 4.98 Å². The van der Waals surface area contributed by atoms with Crippen LogP contribution in [0.4, 0.5) is 0 Å². The van der Waals surface area contributed by atoms with Gasteiger partial charge >= 0.3 is 0 Å². The number of benzene rings is 1. The maximum absolute atomic E-state index is 4.71. The summed E-state index contributed by atoms with van der Waals surface area (Å²) in [5.74, 6) is 1.01. The number of hydrogen-bond acceptors (Lipinski definition) is 3. The number of aryl methyl sites for hydroxylation is 1. The van der Waals surface area contributed by atoms with Crippen LogP contribution in [0.15, 0.2) is 35.3 Å². The van der Waals surface area contributed by atoms with Gasteiger partial charge in [-0.05, 0) is 19.8 Å². The van der Waals surface area contributed by atoms with Crippen molar-refractivity contribution < 1.29 is 0 Å². The maximum atomic E-state index is 4.71. The van der Waals surface area contributed by atoms with E-state index in [0.29, 0.717) is 0 Å². The summed E-state index contributed by atoms with van der Waals surface area (Å²) in [6.07, 6.45) is 2.52. The molecule has 23 heavy (non-hydrogen) atoms. The number of nitrogens with zero attached hydrogens (tertiary/aromatic N) is 3. The Hall–Kier alpha value is -1.15. The summed E-state index contributed by atoms with van der Waals surface area (Å²) < 4.78 is 0. The number of thiazole rings is 1. The van der Waals surface area contributed by atoms with E-state index in [1.165, 1.54) is 23.3 Å². The second kappa shape index (κ2) is 8.63. The molecule has 1 aliphatic heterocycles. The van der Waals surface area contributed by atoms with Gasteiger partial charge in [0.1, 0.15) is 5.01 Å². The van der Waals surface area contributed by atoms with Crippen LogP contribution in [-0.4, -0.2) is 36.0 Å². The number of halogens is 1. The van der Waals surface area contributed by atoms with Gasteiger partial charge in [-0.25, -0.2) is 4.98 Å². The highest BCUT2D eigenvalue weighted by atomic mass is 127. The molecule has 3 rings (SSSR count). The van der Waals surface area contributed by atoms with Crippen LogP contribution < -0.4 is 5.32 Å². The largest absolute Gasteiger partial charge is 0.351 e. The first-order valence-corrected chi connectivity index (χ1v) is 8.57. The highest BCUT2D eigenvalue weighted by molar-refractivity contribution is 14.0. The molecule has 124 valence electrons. The molecule has 1 aromatic heterocycles. The lowest BCUT2D eigenvalue weighted by Crippen LogP contribution is -2.39. The van der Waals surface area contributed by atoms with Crippen LogP contribution >= 0.6 is 35.3 Å². The number of likely N-dealkylation sites (tertiary alicyclic amines) is 1. The van der Waals surface area contributed by atoms with Gasteiger partial charge in [0.25, 0.3) is 0 Å². The molecular formula is C17H23IN4S. The fourth-order valence-corrected chi connectivity index (χ4v) is 3.72. The highest BCUT2D eigenvalue weighted by Crippen LogP contribution is 2.27. The SMILES string of the molecule is CN=C(NCc1sc(-c2ccccc2)nc1C)N1CCCC1.I. The molecule has 1 N–H and O–H groups in total. The maximum Gasteiger partial charge on any atom is 0.193 e. The summed E-state index contributed by atoms with van der Waals surface area (Å²) >= 11 is 1.76. The Bertz CT molecular complexity index is 648. The van der Waals surface area contributed by atoms with Gasteiger partial charge in [0.05, 0.1) is 12.2 Å². The molecule has 0 unspecified atom stereocenters. The molecular weight excluding hydrogens is 419 g/mol. The molecule has 0 aliphatic carbocycles. The molecule has 0 atom stereocenters. The molecule has 0 saturated carbocycles. The molecule has 1 saturated heterocycles. The third-order valence-corrected chi connectivity index (χ3v) is 5.14. The summed E-state index contributed by atoms with van der Waals surface area (Å²) in [6, 6.07) is 10.4. The lowest BCUT2D eigenvalue weighted by atomic mass is 10.2. The third-order valence-electron chi connectivity index (χ3n) is 3.94. The predicted octanol–water partition coefficient (Wildman–Crippen LogP) is 3.91. The van der Waals surface area contributed by atoms with Crippen molar-refractivity contribution in [3.05, 3.63) is 40.9 Å². The number of aliphatic imine (C=N–C) groups is 1. The fourth-order valence-electron chi connectivity index (χ4n) is 2.72. The van der Waals surface area contributed by atoms with Crippen molar-refractivity contribution in [2.75, 3.05) is 20.1 Å². The molecule has 0 spiro atoms. The third kappa shape index (κ3) is 4.44. The Morgan fingerprint density at radius 2 is 1.96 bits per heavy atom. The Morgan fingerprint density at radius 3 is 2.61 bits per heavy atom. The zero-order valence-corrected chi connectivity index (χ0v) is 16.7. The van der Waals surface area contributed by atoms with Crippen molar-refractivity contribution in [1.82, 2.24) is 15.2 Å². The fraction of sp³-hybridized carbons (Fsp3) is 0.412. The van der Waals surface area contributed by atoms with Crippen molar-refractivity contribution in [1.29, 1.82) is 0 Å². The summed E-state index contributed by atoms with van der Waals surface area (Å²) in [6.45, 7) is 5.09. The number of aromatic nitrogens is 1. The van der Waals surface area contributed by atoms with Crippen LogP contribution in [0, 0.1) is 6.92 Å². The van der Waals surface area contributed by atoms with Gasteiger partial charge in [0, 0.05) is 30.6 Å². The summed E-state index contributed by atoms with van der Waals surface area (Å²) in [5.41, 5.74) is 2.29. The average Bonchev–Trinajstić information content (AvgIpc) is 3.19. The smallest absolute Gasteiger partial charge is 0.193 e. The molecule has 1 aliphatic rings. The first-order valence-electron chi connectivity index (χ1n) is 7.75. The van der Waals surface area contributed by atoms with Crippen LogP contribution in [0.2, 0.25) is 0 Å². The van der Waals surface area contributed by atoms with E-state index in [9.17, 15) is 0 Å². The molecule has 2 aromatic rings. The van der Waals surface area contributed by atoms with Gasteiger partial charge < -0.3 is 10.2 Å². The normalized spacial score (nSPS) is 14.7. The van der Waals surface area contributed by atoms with E-state index < -0.39 is 0 Å². The second-order valence-electron chi connectivity index (χ2n) is 5.49. The standard InChI is InChI=1S/C17H22N4S.HI/c1-13-15(12-19-17(18-2)21-10-6-7-11-21)22-16(20-13)14-8-4-3-5-9-14;/h3-5,8-9H,6-7,10-12H2,1-2H3,(H,18,19);1H. The highest BCUT2D eigenvalue weighted by Gasteiger charge is 2.16. The zero-order chi connectivity index (χ0) is 15.4. The van der Waals surface area contributed by atoms with E-state index >= 15 is 0 Å². The molecule has 1 aromatic carbocycles. The number of hydrogen-bond donors (Lipinski definition) is 1. The van der Waals surface area contributed by atoms with Crippen LogP contribution in [0.5, 0.6) is 0 Å². The summed E-state index contributed by atoms with van der Waals surface area (Å²) in [5, 5.41) is 4.57. The van der Waals surface area contributed by atoms with E-state index in [2.05, 4.69) is 46.4 Å².